The Kier molecular flexibility index (Phi) is 4.44. The van der Waals surface area contributed by atoms with Gasteiger partial charge in [0.05, 0.1) is 12.2 Å². The van der Waals surface area contributed by atoms with Crippen LogP contribution in [0.4, 0.5) is 5.00 Å². The van der Waals surface area contributed by atoms with Crippen molar-refractivity contribution in [1.82, 2.24) is 0 Å². The molecule has 0 amide bonds. The Morgan fingerprint density at radius 1 is 1.21 bits per heavy atom. The number of ketones is 1. The van der Waals surface area contributed by atoms with E-state index in [1.54, 1.807) is 11.3 Å². The van der Waals surface area contributed by atoms with Crippen molar-refractivity contribution < 1.29 is 14.3 Å². The Morgan fingerprint density at radius 2 is 2.00 bits per heavy atom. The van der Waals surface area contributed by atoms with Gasteiger partial charge in [0, 0.05) is 16.7 Å². The fourth-order valence-corrected chi connectivity index (χ4v) is 9.09. The Morgan fingerprint density at radius 3 is 2.76 bits per heavy atom. The SMILES string of the molecule is CCOC(=O)c1c(N)sc2c1CC1CCC3C4CCC(=O)C4(C)CCC3C1(C)C2. The lowest BCUT2D eigenvalue weighted by molar-refractivity contribution is -0.136. The predicted molar refractivity (Wildman–Crippen MR) is 115 cm³/mol. The Labute approximate surface area is 177 Å². The Balaban J connectivity index is 1.48. The fourth-order valence-electron chi connectivity index (χ4n) is 7.83. The molecule has 1 aromatic heterocycles. The zero-order valence-corrected chi connectivity index (χ0v) is 18.7. The van der Waals surface area contributed by atoms with E-state index in [-0.39, 0.29) is 16.8 Å². The second-order valence-electron chi connectivity index (χ2n) is 10.4. The van der Waals surface area contributed by atoms with Crippen LogP contribution in [0.3, 0.4) is 0 Å². The molecule has 1 aromatic rings. The molecule has 2 N–H and O–H groups in total. The first-order chi connectivity index (χ1) is 13.8. The second-order valence-corrected chi connectivity index (χ2v) is 11.6. The van der Waals surface area contributed by atoms with Gasteiger partial charge in [0.1, 0.15) is 10.8 Å². The third kappa shape index (κ3) is 2.62. The number of hydrogen-bond acceptors (Lipinski definition) is 5. The molecule has 6 atom stereocenters. The summed E-state index contributed by atoms with van der Waals surface area (Å²) in [5.41, 5.74) is 8.31. The molecule has 6 unspecified atom stereocenters. The van der Waals surface area contributed by atoms with Crippen molar-refractivity contribution in [3.05, 3.63) is 16.0 Å². The highest BCUT2D eigenvalue weighted by Crippen LogP contribution is 2.65. The van der Waals surface area contributed by atoms with Crippen molar-refractivity contribution in [3.8, 4) is 0 Å². The maximum atomic E-state index is 12.6. The van der Waals surface area contributed by atoms with Crippen LogP contribution in [-0.2, 0) is 22.4 Å². The van der Waals surface area contributed by atoms with Crippen molar-refractivity contribution in [2.45, 2.75) is 72.1 Å². The van der Waals surface area contributed by atoms with Crippen LogP contribution in [0.25, 0.3) is 0 Å². The van der Waals surface area contributed by atoms with Crippen LogP contribution in [0.1, 0.15) is 80.1 Å². The van der Waals surface area contributed by atoms with E-state index in [0.717, 1.165) is 32.1 Å². The third-order valence-corrected chi connectivity index (χ3v) is 10.4. The lowest BCUT2D eigenvalue weighted by Gasteiger charge is -2.59. The molecule has 1 heterocycles. The first-order valence-corrected chi connectivity index (χ1v) is 12.2. The summed E-state index contributed by atoms with van der Waals surface area (Å²) in [5, 5.41) is 0.629. The van der Waals surface area contributed by atoms with E-state index in [4.69, 9.17) is 10.5 Å². The molecule has 29 heavy (non-hydrogen) atoms. The third-order valence-electron chi connectivity index (χ3n) is 9.36. The molecule has 0 bridgehead atoms. The molecule has 0 aliphatic heterocycles. The number of carbonyl (C=O) groups excluding carboxylic acids is 2. The Hall–Kier alpha value is -1.36. The van der Waals surface area contributed by atoms with Crippen LogP contribution in [0.5, 0.6) is 0 Å². The van der Waals surface area contributed by atoms with Gasteiger partial charge in [-0.2, -0.15) is 0 Å². The summed E-state index contributed by atoms with van der Waals surface area (Å²) in [5.74, 6) is 2.82. The van der Waals surface area contributed by atoms with Crippen LogP contribution in [0.2, 0.25) is 0 Å². The lowest BCUT2D eigenvalue weighted by Crippen LogP contribution is -2.54. The van der Waals surface area contributed by atoms with Gasteiger partial charge in [0.2, 0.25) is 0 Å². The highest BCUT2D eigenvalue weighted by Gasteiger charge is 2.60. The lowest BCUT2D eigenvalue weighted by atomic mass is 9.45. The molecule has 0 spiro atoms. The van der Waals surface area contributed by atoms with Gasteiger partial charge in [0.15, 0.2) is 0 Å². The highest BCUT2D eigenvalue weighted by molar-refractivity contribution is 7.16. The molecule has 3 saturated carbocycles. The maximum Gasteiger partial charge on any atom is 0.341 e. The number of hydrogen-bond donors (Lipinski definition) is 1. The molecule has 4 nitrogen and oxygen atoms in total. The first kappa shape index (κ1) is 19.6. The minimum Gasteiger partial charge on any atom is -0.462 e. The predicted octanol–water partition coefficient (Wildman–Crippen LogP) is 5.03. The number of ether oxygens (including phenoxy) is 1. The number of esters is 1. The van der Waals surface area contributed by atoms with Gasteiger partial charge < -0.3 is 10.5 Å². The summed E-state index contributed by atoms with van der Waals surface area (Å²) in [7, 11) is 0. The summed E-state index contributed by atoms with van der Waals surface area (Å²) >= 11 is 1.61. The monoisotopic (exact) mass is 415 g/mol. The molecule has 0 aromatic carbocycles. The van der Waals surface area contributed by atoms with Crippen LogP contribution >= 0.6 is 11.3 Å². The molecule has 4 aliphatic carbocycles. The van der Waals surface area contributed by atoms with E-state index in [2.05, 4.69) is 13.8 Å². The first-order valence-electron chi connectivity index (χ1n) is 11.4. The fraction of sp³-hybridized carbons (Fsp3) is 0.750. The number of anilines is 1. The van der Waals surface area contributed by atoms with Crippen molar-refractivity contribution in [2.24, 2.45) is 34.5 Å². The van der Waals surface area contributed by atoms with Crippen LogP contribution in [0, 0.1) is 34.5 Å². The van der Waals surface area contributed by atoms with E-state index >= 15 is 0 Å². The average Bonchev–Trinajstić information content (AvgIpc) is 3.14. The molecular weight excluding hydrogens is 382 g/mol. The summed E-state index contributed by atoms with van der Waals surface area (Å²) in [4.78, 5) is 26.5. The smallest absolute Gasteiger partial charge is 0.341 e. The molecule has 5 rings (SSSR count). The topological polar surface area (TPSA) is 69.4 Å². The minimum absolute atomic E-state index is 0.0609. The van der Waals surface area contributed by atoms with E-state index in [0.29, 0.717) is 46.6 Å². The standard InChI is InChI=1S/C24H33NO3S/c1-4-28-22(27)20-15-11-13-5-6-14-16-7-8-19(26)23(16,2)10-9-17(14)24(13,3)12-18(15)29-21(20)25/h13-14,16-17H,4-12,25H2,1-3H3. The summed E-state index contributed by atoms with van der Waals surface area (Å²) < 4.78 is 5.30. The number of carbonyl (C=O) groups is 2. The second kappa shape index (κ2) is 6.57. The van der Waals surface area contributed by atoms with Gasteiger partial charge >= 0.3 is 5.97 Å². The van der Waals surface area contributed by atoms with Gasteiger partial charge in [-0.3, -0.25) is 4.79 Å². The van der Waals surface area contributed by atoms with E-state index in [1.165, 1.54) is 29.7 Å². The zero-order valence-electron chi connectivity index (χ0n) is 17.9. The molecule has 158 valence electrons. The summed E-state index contributed by atoms with van der Waals surface area (Å²) in [6, 6.07) is 0. The van der Waals surface area contributed by atoms with Crippen LogP contribution in [0.15, 0.2) is 0 Å². The van der Waals surface area contributed by atoms with Crippen molar-refractivity contribution in [1.29, 1.82) is 0 Å². The van der Waals surface area contributed by atoms with E-state index in [1.807, 2.05) is 6.92 Å². The van der Waals surface area contributed by atoms with Gasteiger partial charge in [-0.25, -0.2) is 4.79 Å². The Bertz CT molecular complexity index is 876. The number of nitrogen functional groups attached to an aromatic ring is 1. The summed E-state index contributed by atoms with van der Waals surface area (Å²) in [6.45, 7) is 6.97. The van der Waals surface area contributed by atoms with Gasteiger partial charge in [-0.05, 0) is 86.5 Å². The van der Waals surface area contributed by atoms with Crippen LogP contribution in [-0.4, -0.2) is 18.4 Å². The van der Waals surface area contributed by atoms with Crippen molar-refractivity contribution >= 4 is 28.1 Å². The number of Topliss-reactive ketones (excluding diaryl/α,β-unsaturated/α-hetero) is 1. The van der Waals surface area contributed by atoms with Gasteiger partial charge in [0.25, 0.3) is 0 Å². The quantitative estimate of drug-likeness (QED) is 0.688. The number of thiophene rings is 1. The minimum atomic E-state index is -0.252. The number of nitrogens with two attached hydrogens (primary N) is 1. The normalized spacial score (nSPS) is 40.6. The molecule has 4 aliphatic rings. The molecular formula is C24H33NO3S. The highest BCUT2D eigenvalue weighted by atomic mass is 32.1. The number of rotatable bonds is 2. The van der Waals surface area contributed by atoms with Crippen molar-refractivity contribution in [2.75, 3.05) is 12.3 Å². The number of fused-ring (bicyclic) bond motifs is 6. The van der Waals surface area contributed by atoms with E-state index < -0.39 is 0 Å². The van der Waals surface area contributed by atoms with Crippen LogP contribution < -0.4 is 5.73 Å². The molecule has 5 heteroatoms. The maximum absolute atomic E-state index is 12.6. The van der Waals surface area contributed by atoms with Gasteiger partial charge in [-0.15, -0.1) is 11.3 Å². The summed E-state index contributed by atoms with van der Waals surface area (Å²) in [6.07, 6.45) is 8.56. The molecule has 0 radical (unpaired) electrons. The molecule has 3 fully saturated rings. The van der Waals surface area contributed by atoms with E-state index in [9.17, 15) is 9.59 Å². The zero-order chi connectivity index (χ0) is 20.6. The van der Waals surface area contributed by atoms with Crippen molar-refractivity contribution in [3.63, 3.8) is 0 Å². The molecule has 0 saturated heterocycles. The largest absolute Gasteiger partial charge is 0.462 e. The van der Waals surface area contributed by atoms with Gasteiger partial charge in [-0.1, -0.05) is 13.8 Å². The average molecular weight is 416 g/mol.